The minimum atomic E-state index is -0.709. The fourth-order valence-electron chi connectivity index (χ4n) is 2.00. The van der Waals surface area contributed by atoms with E-state index in [2.05, 4.69) is 14.8 Å². The molecule has 6 heteroatoms. The lowest BCUT2D eigenvalue weighted by atomic mass is 10.1. The molecule has 2 aromatic rings. The van der Waals surface area contributed by atoms with Crippen molar-refractivity contribution in [3.05, 3.63) is 66.0 Å². The standard InChI is InChI=1S/C18H20N2O4/c1-20(14-12-16-9-5-6-13-19-16)18(22)24-23-17(21)11-10-15-7-3-2-4-8-15/h2-9,13H,10-12,14H2,1H3. The van der Waals surface area contributed by atoms with Crippen LogP contribution in [0.15, 0.2) is 54.7 Å². The fourth-order valence-corrected chi connectivity index (χ4v) is 2.00. The zero-order valence-corrected chi connectivity index (χ0v) is 13.6. The molecule has 0 aliphatic rings. The van der Waals surface area contributed by atoms with E-state index in [-0.39, 0.29) is 6.42 Å². The van der Waals surface area contributed by atoms with Gasteiger partial charge in [-0.2, -0.15) is 0 Å². The van der Waals surface area contributed by atoms with Crippen LogP contribution < -0.4 is 0 Å². The third-order valence-corrected chi connectivity index (χ3v) is 3.41. The van der Waals surface area contributed by atoms with E-state index in [1.54, 1.807) is 13.2 Å². The van der Waals surface area contributed by atoms with Gasteiger partial charge in [0.15, 0.2) is 0 Å². The maximum atomic E-state index is 11.7. The third-order valence-electron chi connectivity index (χ3n) is 3.41. The van der Waals surface area contributed by atoms with E-state index in [1.807, 2.05) is 48.5 Å². The Kier molecular flexibility index (Phi) is 6.76. The molecule has 0 N–H and O–H groups in total. The van der Waals surface area contributed by atoms with Crippen molar-refractivity contribution < 1.29 is 19.4 Å². The molecule has 0 atom stereocenters. The van der Waals surface area contributed by atoms with Gasteiger partial charge in [-0.15, -0.1) is 0 Å². The van der Waals surface area contributed by atoms with Gasteiger partial charge in [-0.1, -0.05) is 36.4 Å². The van der Waals surface area contributed by atoms with Crippen molar-refractivity contribution in [1.82, 2.24) is 9.88 Å². The minimum Gasteiger partial charge on any atom is -0.308 e. The summed E-state index contributed by atoms with van der Waals surface area (Å²) in [5.74, 6) is -0.578. The second-order valence-electron chi connectivity index (χ2n) is 5.28. The Morgan fingerprint density at radius 1 is 1.00 bits per heavy atom. The first kappa shape index (κ1) is 17.5. The van der Waals surface area contributed by atoms with Gasteiger partial charge in [0.05, 0.1) is 6.42 Å². The molecule has 0 aliphatic carbocycles. The van der Waals surface area contributed by atoms with Gasteiger partial charge in [0.25, 0.3) is 0 Å². The second-order valence-corrected chi connectivity index (χ2v) is 5.28. The third kappa shape index (κ3) is 6.08. The lowest BCUT2D eigenvalue weighted by Gasteiger charge is -2.14. The number of likely N-dealkylation sites (N-methyl/N-ethyl adjacent to an activating group) is 1. The quantitative estimate of drug-likeness (QED) is 0.602. The average molecular weight is 328 g/mol. The Bertz CT molecular complexity index is 647. The lowest BCUT2D eigenvalue weighted by Crippen LogP contribution is -2.30. The van der Waals surface area contributed by atoms with E-state index in [0.717, 1.165) is 11.3 Å². The molecule has 0 aliphatic heterocycles. The van der Waals surface area contributed by atoms with Gasteiger partial charge in [0.1, 0.15) is 0 Å². The summed E-state index contributed by atoms with van der Waals surface area (Å²) in [5.41, 5.74) is 1.89. The highest BCUT2D eigenvalue weighted by Gasteiger charge is 2.14. The maximum absolute atomic E-state index is 11.7. The average Bonchev–Trinajstić information content (AvgIpc) is 2.64. The summed E-state index contributed by atoms with van der Waals surface area (Å²) >= 11 is 0. The highest BCUT2D eigenvalue weighted by molar-refractivity contribution is 5.72. The number of rotatable bonds is 6. The Balaban J connectivity index is 1.65. The monoisotopic (exact) mass is 328 g/mol. The Hall–Kier alpha value is -2.89. The van der Waals surface area contributed by atoms with Crippen LogP contribution >= 0.6 is 0 Å². The first-order chi connectivity index (χ1) is 11.6. The Labute approximate surface area is 141 Å². The van der Waals surface area contributed by atoms with Crippen LogP contribution in [0.25, 0.3) is 0 Å². The number of carbonyl (C=O) groups excluding carboxylic acids is 2. The number of aryl methyl sites for hydroxylation is 1. The van der Waals surface area contributed by atoms with Crippen molar-refractivity contribution in [1.29, 1.82) is 0 Å². The summed E-state index contributed by atoms with van der Waals surface area (Å²) < 4.78 is 0. The lowest BCUT2D eigenvalue weighted by molar-refractivity contribution is -0.236. The molecule has 0 saturated heterocycles. The summed E-state index contributed by atoms with van der Waals surface area (Å²) in [5, 5.41) is 0. The zero-order chi connectivity index (χ0) is 17.2. The molecule has 0 spiro atoms. The van der Waals surface area contributed by atoms with E-state index in [1.165, 1.54) is 4.90 Å². The second kappa shape index (κ2) is 9.29. The fraction of sp³-hybridized carbons (Fsp3) is 0.278. The molecule has 0 radical (unpaired) electrons. The topological polar surface area (TPSA) is 68.7 Å². The van der Waals surface area contributed by atoms with E-state index >= 15 is 0 Å². The number of benzene rings is 1. The van der Waals surface area contributed by atoms with Crippen molar-refractivity contribution >= 4 is 12.1 Å². The van der Waals surface area contributed by atoms with Gasteiger partial charge >= 0.3 is 12.1 Å². The molecule has 0 fully saturated rings. The van der Waals surface area contributed by atoms with Gasteiger partial charge in [-0.3, -0.25) is 4.98 Å². The van der Waals surface area contributed by atoms with E-state index < -0.39 is 12.1 Å². The van der Waals surface area contributed by atoms with Gasteiger partial charge in [0.2, 0.25) is 0 Å². The summed E-state index contributed by atoms with van der Waals surface area (Å²) in [6.45, 7) is 0.414. The van der Waals surface area contributed by atoms with Crippen molar-refractivity contribution in [2.75, 3.05) is 13.6 Å². The zero-order valence-electron chi connectivity index (χ0n) is 13.6. The predicted octanol–water partition coefficient (Wildman–Crippen LogP) is 2.78. The molecule has 6 nitrogen and oxygen atoms in total. The van der Waals surface area contributed by atoms with Crippen LogP contribution in [-0.4, -0.2) is 35.5 Å². The molecule has 0 unspecified atom stereocenters. The van der Waals surface area contributed by atoms with Crippen LogP contribution in [0.1, 0.15) is 17.7 Å². The normalized spacial score (nSPS) is 10.0. The molecule has 0 bridgehead atoms. The highest BCUT2D eigenvalue weighted by Crippen LogP contribution is 2.04. The van der Waals surface area contributed by atoms with Crippen LogP contribution in [0, 0.1) is 0 Å². The molecular formula is C18H20N2O4. The number of pyridine rings is 1. The molecule has 126 valence electrons. The number of hydrogen-bond donors (Lipinski definition) is 0. The van der Waals surface area contributed by atoms with Crippen molar-refractivity contribution in [2.24, 2.45) is 0 Å². The van der Waals surface area contributed by atoms with Crippen molar-refractivity contribution in [3.8, 4) is 0 Å². The van der Waals surface area contributed by atoms with Gasteiger partial charge in [0, 0.05) is 31.9 Å². The smallest absolute Gasteiger partial charge is 0.308 e. The van der Waals surface area contributed by atoms with E-state index in [9.17, 15) is 9.59 Å². The van der Waals surface area contributed by atoms with Crippen LogP contribution in [0.5, 0.6) is 0 Å². The molecule has 1 aromatic carbocycles. The molecule has 1 aromatic heterocycles. The summed E-state index contributed by atoms with van der Waals surface area (Å²) in [6.07, 6.45) is 2.26. The first-order valence-electron chi connectivity index (χ1n) is 7.71. The van der Waals surface area contributed by atoms with Gasteiger partial charge in [-0.25, -0.2) is 19.4 Å². The van der Waals surface area contributed by atoms with E-state index in [0.29, 0.717) is 19.4 Å². The first-order valence-corrected chi connectivity index (χ1v) is 7.71. The number of carbonyl (C=O) groups is 2. The van der Waals surface area contributed by atoms with Crippen LogP contribution in [0.3, 0.4) is 0 Å². The van der Waals surface area contributed by atoms with Crippen LogP contribution in [-0.2, 0) is 27.4 Å². The minimum absolute atomic E-state index is 0.148. The summed E-state index contributed by atoms with van der Waals surface area (Å²) in [7, 11) is 1.57. The van der Waals surface area contributed by atoms with Crippen molar-refractivity contribution in [3.63, 3.8) is 0 Å². The SMILES string of the molecule is CN(CCc1ccccn1)C(=O)OOC(=O)CCc1ccccc1. The van der Waals surface area contributed by atoms with Crippen LogP contribution in [0.2, 0.25) is 0 Å². The van der Waals surface area contributed by atoms with Crippen LogP contribution in [0.4, 0.5) is 4.79 Å². The largest absolute Gasteiger partial charge is 0.452 e. The molecule has 1 amide bonds. The molecular weight excluding hydrogens is 308 g/mol. The van der Waals surface area contributed by atoms with E-state index in [4.69, 9.17) is 0 Å². The summed E-state index contributed by atoms with van der Waals surface area (Å²) in [4.78, 5) is 38.0. The van der Waals surface area contributed by atoms with Gasteiger partial charge in [-0.05, 0) is 24.1 Å². The highest BCUT2D eigenvalue weighted by atomic mass is 17.2. The Morgan fingerprint density at radius 2 is 1.75 bits per heavy atom. The number of amides is 1. The summed E-state index contributed by atoms with van der Waals surface area (Å²) in [6, 6.07) is 15.1. The maximum Gasteiger partial charge on any atom is 0.452 e. The number of hydrogen-bond acceptors (Lipinski definition) is 5. The number of aromatic nitrogens is 1. The molecule has 2 rings (SSSR count). The molecule has 0 saturated carbocycles. The molecule has 1 heterocycles. The Morgan fingerprint density at radius 3 is 2.46 bits per heavy atom. The predicted molar refractivity (Wildman–Crippen MR) is 87.9 cm³/mol. The number of nitrogens with zero attached hydrogens (tertiary/aromatic N) is 2. The van der Waals surface area contributed by atoms with Crippen molar-refractivity contribution in [2.45, 2.75) is 19.3 Å². The van der Waals surface area contributed by atoms with Gasteiger partial charge < -0.3 is 4.90 Å². The molecule has 24 heavy (non-hydrogen) atoms.